The van der Waals surface area contributed by atoms with Crippen LogP contribution in [0.15, 0.2) is 112 Å². The molecule has 1 amide bonds. The van der Waals surface area contributed by atoms with Gasteiger partial charge in [0.2, 0.25) is 19.9 Å². The number of aryl methyl sites for hydroxylation is 1. The highest BCUT2D eigenvalue weighted by Crippen LogP contribution is 2.39. The SMILES string of the molecule is Cc1ccccc1N(CCNS(=O)(=O)c1cc(S(=O)(=O)c2ccccc2)ccc1C(F)(F)F)C(=O)c1ccc(CP(=O)(O)O)cc1. The maximum absolute atomic E-state index is 13.9. The summed E-state index contributed by atoms with van der Waals surface area (Å²) in [4.78, 5) is 31.0. The van der Waals surface area contributed by atoms with Crippen LogP contribution >= 0.6 is 7.60 Å². The topological polar surface area (TPSA) is 158 Å². The number of hydrogen-bond acceptors (Lipinski definition) is 6. The molecule has 46 heavy (non-hydrogen) atoms. The molecule has 0 aliphatic heterocycles. The predicted molar refractivity (Wildman–Crippen MR) is 164 cm³/mol. The molecule has 0 radical (unpaired) electrons. The first-order valence-electron chi connectivity index (χ1n) is 13.4. The molecule has 0 atom stereocenters. The van der Waals surface area contributed by atoms with Gasteiger partial charge in [0, 0.05) is 24.3 Å². The fraction of sp³-hybridized carbons (Fsp3) is 0.167. The summed E-state index contributed by atoms with van der Waals surface area (Å²) in [6, 6.07) is 20.4. The minimum Gasteiger partial charge on any atom is -0.324 e. The van der Waals surface area contributed by atoms with Crippen molar-refractivity contribution in [3.8, 4) is 0 Å². The fourth-order valence-electron chi connectivity index (χ4n) is 4.58. The quantitative estimate of drug-likeness (QED) is 0.182. The molecule has 0 saturated heterocycles. The summed E-state index contributed by atoms with van der Waals surface area (Å²) in [6.07, 6.45) is -5.69. The van der Waals surface area contributed by atoms with Crippen molar-refractivity contribution in [2.45, 2.75) is 33.9 Å². The van der Waals surface area contributed by atoms with Crippen molar-refractivity contribution < 1.29 is 49.2 Å². The molecule has 0 unspecified atom stereocenters. The molecule has 16 heteroatoms. The van der Waals surface area contributed by atoms with Gasteiger partial charge in [0.25, 0.3) is 5.91 Å². The van der Waals surface area contributed by atoms with E-state index in [0.29, 0.717) is 29.4 Å². The Morgan fingerprint density at radius 3 is 2.04 bits per heavy atom. The van der Waals surface area contributed by atoms with Crippen LogP contribution in [-0.2, 0) is 36.8 Å². The van der Waals surface area contributed by atoms with Gasteiger partial charge in [0.1, 0.15) is 0 Å². The first kappa shape index (κ1) is 35.0. The molecular formula is C30H28F3N2O8PS2. The van der Waals surface area contributed by atoms with Crippen LogP contribution in [0.1, 0.15) is 27.0 Å². The minimum absolute atomic E-state index is 0.0961. The molecule has 3 N–H and O–H groups in total. The van der Waals surface area contributed by atoms with Crippen LogP contribution in [0.5, 0.6) is 0 Å². The molecule has 0 aliphatic carbocycles. The summed E-state index contributed by atoms with van der Waals surface area (Å²) in [5.41, 5.74) is -0.210. The van der Waals surface area contributed by atoms with E-state index in [2.05, 4.69) is 4.72 Å². The Kier molecular flexibility index (Phi) is 10.3. The van der Waals surface area contributed by atoms with E-state index in [1.165, 1.54) is 59.5 Å². The van der Waals surface area contributed by atoms with Crippen LogP contribution < -0.4 is 9.62 Å². The molecule has 4 aromatic rings. The van der Waals surface area contributed by atoms with Gasteiger partial charge in [-0.3, -0.25) is 9.36 Å². The number of carbonyl (C=O) groups excluding carboxylic acids is 1. The van der Waals surface area contributed by atoms with Gasteiger partial charge in [-0.05, 0) is 66.6 Å². The number of para-hydroxylation sites is 1. The van der Waals surface area contributed by atoms with Gasteiger partial charge in [0.15, 0.2) is 0 Å². The molecule has 0 fully saturated rings. The summed E-state index contributed by atoms with van der Waals surface area (Å²) in [5, 5.41) is 0. The van der Waals surface area contributed by atoms with Crippen molar-refractivity contribution in [2.75, 3.05) is 18.0 Å². The minimum atomic E-state index is -5.14. The van der Waals surface area contributed by atoms with E-state index in [9.17, 15) is 49.2 Å². The van der Waals surface area contributed by atoms with Gasteiger partial charge < -0.3 is 14.7 Å². The number of benzene rings is 4. The van der Waals surface area contributed by atoms with Crippen LogP contribution in [0.4, 0.5) is 18.9 Å². The second kappa shape index (κ2) is 13.5. The summed E-state index contributed by atoms with van der Waals surface area (Å²) in [7, 11) is -13.7. The number of nitrogens with zero attached hydrogens (tertiary/aromatic N) is 1. The zero-order valence-corrected chi connectivity index (χ0v) is 26.6. The third-order valence-corrected chi connectivity index (χ3v) is 10.8. The highest BCUT2D eigenvalue weighted by molar-refractivity contribution is 7.91. The van der Waals surface area contributed by atoms with Gasteiger partial charge in [-0.25, -0.2) is 21.6 Å². The number of anilines is 1. The Morgan fingerprint density at radius 1 is 0.848 bits per heavy atom. The number of nitrogens with one attached hydrogen (secondary N) is 1. The Bertz CT molecular complexity index is 2000. The van der Waals surface area contributed by atoms with Crippen molar-refractivity contribution >= 4 is 39.1 Å². The van der Waals surface area contributed by atoms with E-state index in [1.807, 2.05) is 0 Å². The molecule has 0 aliphatic rings. The second-order valence-corrected chi connectivity index (χ2v) is 15.5. The first-order valence-corrected chi connectivity index (χ1v) is 18.2. The highest BCUT2D eigenvalue weighted by atomic mass is 32.2. The summed E-state index contributed by atoms with van der Waals surface area (Å²) in [6.45, 7) is 0.777. The summed E-state index contributed by atoms with van der Waals surface area (Å²) >= 11 is 0. The maximum Gasteiger partial charge on any atom is 0.417 e. The number of alkyl halides is 3. The second-order valence-electron chi connectivity index (χ2n) is 10.1. The first-order chi connectivity index (χ1) is 21.4. The van der Waals surface area contributed by atoms with Crippen molar-refractivity contribution in [1.29, 1.82) is 0 Å². The van der Waals surface area contributed by atoms with E-state index in [4.69, 9.17) is 0 Å². The lowest BCUT2D eigenvalue weighted by Crippen LogP contribution is -2.39. The third-order valence-electron chi connectivity index (χ3n) is 6.78. The zero-order chi connectivity index (χ0) is 33.9. The molecule has 0 heterocycles. The fourth-order valence-corrected chi connectivity index (χ4v) is 7.92. The Labute approximate surface area is 263 Å². The van der Waals surface area contributed by atoms with Crippen LogP contribution in [0.25, 0.3) is 0 Å². The Hall–Kier alpha value is -3.85. The van der Waals surface area contributed by atoms with Gasteiger partial charge in [-0.1, -0.05) is 48.5 Å². The number of amides is 1. The van der Waals surface area contributed by atoms with Crippen LogP contribution in [0.3, 0.4) is 0 Å². The van der Waals surface area contributed by atoms with Gasteiger partial charge in [0.05, 0.1) is 26.4 Å². The average molecular weight is 697 g/mol. The number of sulfone groups is 1. The van der Waals surface area contributed by atoms with E-state index in [1.54, 1.807) is 31.2 Å². The lowest BCUT2D eigenvalue weighted by atomic mass is 10.1. The lowest BCUT2D eigenvalue weighted by molar-refractivity contribution is -0.139. The van der Waals surface area contributed by atoms with E-state index in [0.717, 1.165) is 0 Å². The largest absolute Gasteiger partial charge is 0.417 e. The molecule has 0 saturated carbocycles. The normalized spacial score (nSPS) is 12.6. The van der Waals surface area contributed by atoms with Crippen LogP contribution in [-0.4, -0.2) is 45.6 Å². The van der Waals surface area contributed by atoms with Gasteiger partial charge in [-0.2, -0.15) is 13.2 Å². The van der Waals surface area contributed by atoms with Crippen LogP contribution in [0, 0.1) is 6.92 Å². The van der Waals surface area contributed by atoms with Gasteiger partial charge >= 0.3 is 13.8 Å². The lowest BCUT2D eigenvalue weighted by Gasteiger charge is -2.25. The molecule has 10 nitrogen and oxygen atoms in total. The third kappa shape index (κ3) is 8.29. The molecule has 0 aromatic heterocycles. The van der Waals surface area contributed by atoms with Crippen LogP contribution in [0.2, 0.25) is 0 Å². The smallest absolute Gasteiger partial charge is 0.324 e. The Balaban J connectivity index is 1.65. The van der Waals surface area contributed by atoms with E-state index >= 15 is 0 Å². The molecule has 244 valence electrons. The van der Waals surface area contributed by atoms with Crippen molar-refractivity contribution in [1.82, 2.24) is 4.72 Å². The highest BCUT2D eigenvalue weighted by Gasteiger charge is 2.38. The van der Waals surface area contributed by atoms with E-state index in [-0.39, 0.29) is 22.6 Å². The summed E-state index contributed by atoms with van der Waals surface area (Å²) in [5.74, 6) is -0.622. The average Bonchev–Trinajstić information content (AvgIpc) is 2.99. The van der Waals surface area contributed by atoms with E-state index < -0.39 is 67.6 Å². The van der Waals surface area contributed by atoms with Crippen molar-refractivity contribution in [2.24, 2.45) is 0 Å². The van der Waals surface area contributed by atoms with Crippen molar-refractivity contribution in [3.05, 3.63) is 119 Å². The predicted octanol–water partition coefficient (Wildman–Crippen LogP) is 5.15. The monoisotopic (exact) mass is 696 g/mol. The van der Waals surface area contributed by atoms with Gasteiger partial charge in [-0.15, -0.1) is 0 Å². The number of rotatable bonds is 11. The molecular weight excluding hydrogens is 668 g/mol. The Morgan fingerprint density at radius 2 is 1.46 bits per heavy atom. The number of hydrogen-bond donors (Lipinski definition) is 3. The zero-order valence-electron chi connectivity index (χ0n) is 24.0. The molecule has 0 bridgehead atoms. The molecule has 4 rings (SSSR count). The number of halogens is 3. The number of sulfonamides is 1. The molecule has 4 aromatic carbocycles. The van der Waals surface area contributed by atoms with Crippen molar-refractivity contribution in [3.63, 3.8) is 0 Å². The number of carbonyl (C=O) groups is 1. The molecule has 0 spiro atoms. The summed E-state index contributed by atoms with van der Waals surface area (Å²) < 4.78 is 108. The standard InChI is InChI=1S/C30H28F3N2O8PS2/c1-21-7-5-6-10-27(21)35(29(36)23-13-11-22(12-14-23)20-44(37,38)39)18-17-34-46(42,43)28-19-25(15-16-26(28)30(31,32)33)45(40,41)24-8-3-2-4-9-24/h2-16,19,34H,17-18,20H2,1H3,(H2,37,38,39). The maximum atomic E-state index is 13.9.